The van der Waals surface area contributed by atoms with Crippen LogP contribution in [0.2, 0.25) is 5.02 Å². The van der Waals surface area contributed by atoms with Crippen LogP contribution in [-0.2, 0) is 5.54 Å². The Morgan fingerprint density at radius 2 is 1.91 bits per heavy atom. The zero-order chi connectivity index (χ0) is 16.8. The van der Waals surface area contributed by atoms with Gasteiger partial charge in [-0.15, -0.1) is 0 Å². The van der Waals surface area contributed by atoms with E-state index in [0.717, 1.165) is 5.46 Å². The molecule has 2 aromatic carbocycles. The maximum atomic E-state index is 14.5. The maximum Gasteiger partial charge on any atom is 0.167 e. The zero-order valence-electron chi connectivity index (χ0n) is 12.6. The van der Waals surface area contributed by atoms with Gasteiger partial charge in [0.1, 0.15) is 19.5 Å². The minimum atomic E-state index is -0.838. The molecule has 23 heavy (non-hydrogen) atoms. The van der Waals surface area contributed by atoms with E-state index in [4.69, 9.17) is 23.8 Å². The highest BCUT2D eigenvalue weighted by atomic mass is 35.5. The van der Waals surface area contributed by atoms with E-state index in [2.05, 4.69) is 10.6 Å². The second kappa shape index (κ2) is 5.76. The van der Waals surface area contributed by atoms with Gasteiger partial charge in [0, 0.05) is 5.56 Å². The number of thiocarbonyl (C=S) groups is 1. The zero-order valence-corrected chi connectivity index (χ0v) is 14.2. The normalized spacial score (nSPS) is 23.5. The van der Waals surface area contributed by atoms with Crippen LogP contribution >= 0.6 is 23.8 Å². The second-order valence-electron chi connectivity index (χ2n) is 5.89. The van der Waals surface area contributed by atoms with Crippen molar-refractivity contribution in [3.8, 4) is 0 Å². The number of rotatable bonds is 2. The van der Waals surface area contributed by atoms with E-state index < -0.39 is 17.4 Å². The first kappa shape index (κ1) is 16.2. The lowest BCUT2D eigenvalue weighted by molar-refractivity contribution is 0.362. The van der Waals surface area contributed by atoms with Crippen molar-refractivity contribution in [2.24, 2.45) is 0 Å². The number of hydrogen-bond acceptors (Lipinski definition) is 1. The Morgan fingerprint density at radius 1 is 1.17 bits per heavy atom. The fraction of sp³-hybridized carbons (Fsp3) is 0.188. The van der Waals surface area contributed by atoms with Crippen LogP contribution in [0.15, 0.2) is 36.4 Å². The predicted molar refractivity (Wildman–Crippen MR) is 95.0 cm³/mol. The lowest BCUT2D eigenvalue weighted by Crippen LogP contribution is -2.40. The fourth-order valence-corrected chi connectivity index (χ4v) is 3.44. The lowest BCUT2D eigenvalue weighted by Gasteiger charge is -2.32. The van der Waals surface area contributed by atoms with Gasteiger partial charge in [-0.2, -0.15) is 0 Å². The molecule has 1 saturated heterocycles. The molecule has 0 spiro atoms. The minimum Gasteiger partial charge on any atom is -0.353 e. The molecule has 0 amide bonds. The summed E-state index contributed by atoms with van der Waals surface area (Å²) in [7, 11) is 1.83. The Bertz CT molecular complexity index is 802. The fourth-order valence-electron chi connectivity index (χ4n) is 2.99. The third-order valence-corrected chi connectivity index (χ3v) is 4.71. The lowest BCUT2D eigenvalue weighted by atomic mass is 9.80. The molecule has 1 fully saturated rings. The van der Waals surface area contributed by atoms with E-state index in [-0.39, 0.29) is 10.8 Å². The Labute approximate surface area is 144 Å². The van der Waals surface area contributed by atoms with E-state index in [1.165, 1.54) is 18.2 Å². The number of nitrogens with one attached hydrogen (secondary N) is 2. The van der Waals surface area contributed by atoms with Gasteiger partial charge >= 0.3 is 0 Å². The molecule has 2 nitrogen and oxygen atoms in total. The van der Waals surface area contributed by atoms with Crippen molar-refractivity contribution in [3.63, 3.8) is 0 Å². The van der Waals surface area contributed by atoms with Crippen LogP contribution in [0.5, 0.6) is 0 Å². The number of benzene rings is 2. The first-order valence-electron chi connectivity index (χ1n) is 7.11. The van der Waals surface area contributed by atoms with E-state index in [0.29, 0.717) is 16.2 Å². The number of hydrogen-bond donors (Lipinski definition) is 2. The van der Waals surface area contributed by atoms with Gasteiger partial charge in [0.25, 0.3) is 0 Å². The summed E-state index contributed by atoms with van der Waals surface area (Å²) in [5, 5.41) is 6.65. The summed E-state index contributed by atoms with van der Waals surface area (Å²) in [5.41, 5.74) is 1.10. The van der Waals surface area contributed by atoms with E-state index in [9.17, 15) is 8.78 Å². The SMILES string of the molecule is Bc1ccc(C2(C)NC(=S)NC2c2ccc(Cl)c(F)c2)c(F)c1. The molecule has 2 aromatic rings. The highest BCUT2D eigenvalue weighted by Gasteiger charge is 2.44. The molecule has 2 N–H and O–H groups in total. The first-order valence-corrected chi connectivity index (χ1v) is 7.90. The summed E-state index contributed by atoms with van der Waals surface area (Å²) in [4.78, 5) is 0. The highest BCUT2D eigenvalue weighted by Crippen LogP contribution is 2.39. The van der Waals surface area contributed by atoms with Crippen molar-refractivity contribution < 1.29 is 8.78 Å². The molecule has 2 atom stereocenters. The van der Waals surface area contributed by atoms with Gasteiger partial charge in [-0.1, -0.05) is 35.3 Å². The van der Waals surface area contributed by atoms with Crippen molar-refractivity contribution >= 4 is 42.2 Å². The molecule has 0 radical (unpaired) electrons. The molecule has 0 aromatic heterocycles. The van der Waals surface area contributed by atoms with Crippen LogP contribution in [0, 0.1) is 11.6 Å². The van der Waals surface area contributed by atoms with Gasteiger partial charge in [0.2, 0.25) is 0 Å². The molecular formula is C16H14BClF2N2S. The highest BCUT2D eigenvalue weighted by molar-refractivity contribution is 7.80. The Kier molecular flexibility index (Phi) is 4.06. The summed E-state index contributed by atoms with van der Waals surface area (Å²) in [6.45, 7) is 1.84. The van der Waals surface area contributed by atoms with Crippen LogP contribution in [0.1, 0.15) is 24.1 Å². The van der Waals surface area contributed by atoms with Gasteiger partial charge in [-0.3, -0.25) is 0 Å². The Morgan fingerprint density at radius 3 is 2.57 bits per heavy atom. The molecule has 2 unspecified atom stereocenters. The van der Waals surface area contributed by atoms with Gasteiger partial charge in [0.05, 0.1) is 16.6 Å². The molecule has 118 valence electrons. The second-order valence-corrected chi connectivity index (χ2v) is 6.71. The topological polar surface area (TPSA) is 24.1 Å². The number of halogens is 3. The van der Waals surface area contributed by atoms with Crippen molar-refractivity contribution in [2.45, 2.75) is 18.5 Å². The van der Waals surface area contributed by atoms with Crippen LogP contribution in [0.25, 0.3) is 0 Å². The van der Waals surface area contributed by atoms with Crippen molar-refractivity contribution in [1.82, 2.24) is 10.6 Å². The van der Waals surface area contributed by atoms with Gasteiger partial charge in [0.15, 0.2) is 5.11 Å². The summed E-state index contributed by atoms with van der Waals surface area (Å²) in [5.74, 6) is -0.846. The molecule has 1 aliphatic heterocycles. The molecule has 3 rings (SSSR count). The summed E-state index contributed by atoms with van der Waals surface area (Å²) < 4.78 is 28.3. The van der Waals surface area contributed by atoms with Crippen molar-refractivity contribution in [2.75, 3.05) is 0 Å². The molecular weight excluding hydrogens is 337 g/mol. The Hall–Kier alpha value is -1.66. The van der Waals surface area contributed by atoms with E-state index in [1.54, 1.807) is 12.1 Å². The van der Waals surface area contributed by atoms with Crippen LogP contribution < -0.4 is 16.1 Å². The molecule has 1 heterocycles. The molecule has 7 heteroatoms. The third kappa shape index (κ3) is 2.81. The first-order chi connectivity index (χ1) is 10.8. The monoisotopic (exact) mass is 350 g/mol. The van der Waals surface area contributed by atoms with Crippen LogP contribution in [-0.4, -0.2) is 13.0 Å². The van der Waals surface area contributed by atoms with Crippen LogP contribution in [0.4, 0.5) is 8.78 Å². The quantitative estimate of drug-likeness (QED) is 0.642. The standard InChI is InChI=1S/C16H14BClF2N2S/c1-16(10-4-3-9(17)7-12(10)19)14(21-15(23)22-16)8-2-5-11(18)13(20)6-8/h2-7,14H,17H2,1H3,(H2,21,22,23). The predicted octanol–water partition coefficient (Wildman–Crippen LogP) is 2.31. The van der Waals surface area contributed by atoms with Gasteiger partial charge in [-0.05, 0) is 42.9 Å². The van der Waals surface area contributed by atoms with E-state index in [1.807, 2.05) is 20.8 Å². The third-order valence-electron chi connectivity index (χ3n) is 4.19. The van der Waals surface area contributed by atoms with Crippen molar-refractivity contribution in [3.05, 3.63) is 64.2 Å². The van der Waals surface area contributed by atoms with Gasteiger partial charge < -0.3 is 10.6 Å². The average Bonchev–Trinajstić information content (AvgIpc) is 2.77. The molecule has 1 aliphatic rings. The van der Waals surface area contributed by atoms with Gasteiger partial charge in [-0.25, -0.2) is 8.78 Å². The van der Waals surface area contributed by atoms with Crippen LogP contribution in [0.3, 0.4) is 0 Å². The summed E-state index contributed by atoms with van der Waals surface area (Å²) >= 11 is 11.0. The Balaban J connectivity index is 2.11. The average molecular weight is 351 g/mol. The molecule has 0 saturated carbocycles. The summed E-state index contributed by atoms with van der Waals surface area (Å²) in [6.07, 6.45) is 0. The largest absolute Gasteiger partial charge is 0.353 e. The summed E-state index contributed by atoms with van der Waals surface area (Å²) in [6, 6.07) is 9.17. The molecule has 0 bridgehead atoms. The van der Waals surface area contributed by atoms with E-state index >= 15 is 0 Å². The van der Waals surface area contributed by atoms with Crippen molar-refractivity contribution in [1.29, 1.82) is 0 Å². The smallest absolute Gasteiger partial charge is 0.167 e. The minimum absolute atomic E-state index is 0.0468. The maximum absolute atomic E-state index is 14.5. The molecule has 0 aliphatic carbocycles.